The molecule has 4 amide bonds. The van der Waals surface area contributed by atoms with Crippen molar-refractivity contribution in [3.05, 3.63) is 104 Å². The number of halogens is 1. The average Bonchev–Trinajstić information content (AvgIpc) is 3.86. The van der Waals surface area contributed by atoms with Crippen molar-refractivity contribution in [1.82, 2.24) is 45.7 Å². The van der Waals surface area contributed by atoms with Gasteiger partial charge in [-0.15, -0.1) is 26.6 Å². The summed E-state index contributed by atoms with van der Waals surface area (Å²) < 4.78 is 9.33. The van der Waals surface area contributed by atoms with Crippen LogP contribution in [0.15, 0.2) is 59.7 Å². The Morgan fingerprint density at radius 1 is 0.982 bits per heavy atom. The van der Waals surface area contributed by atoms with Crippen molar-refractivity contribution in [3.63, 3.8) is 0 Å². The Kier molecular flexibility index (Phi) is 11.7. The van der Waals surface area contributed by atoms with Crippen LogP contribution in [0.1, 0.15) is 88.5 Å². The van der Waals surface area contributed by atoms with Gasteiger partial charge in [0.1, 0.15) is 28.3 Å². The van der Waals surface area contributed by atoms with Gasteiger partial charge in [0.25, 0.3) is 5.91 Å². The van der Waals surface area contributed by atoms with Gasteiger partial charge in [-0.2, -0.15) is 0 Å². The van der Waals surface area contributed by atoms with Crippen LogP contribution in [0.4, 0.5) is 0 Å². The summed E-state index contributed by atoms with van der Waals surface area (Å²) in [6, 6.07) is 14.0. The van der Waals surface area contributed by atoms with Crippen LogP contribution in [-0.4, -0.2) is 72.3 Å². The summed E-state index contributed by atoms with van der Waals surface area (Å²) in [5, 5.41) is 27.1. The lowest BCUT2D eigenvalue weighted by Crippen LogP contribution is -2.39. The fourth-order valence-electron chi connectivity index (χ4n) is 6.73. The van der Waals surface area contributed by atoms with E-state index in [2.05, 4.69) is 50.3 Å². The van der Waals surface area contributed by atoms with Crippen molar-refractivity contribution < 1.29 is 23.9 Å². The molecule has 2 atom stereocenters. The minimum atomic E-state index is -0.581. The molecular formula is C39H41ClN10O5S. The number of imide groups is 1. The van der Waals surface area contributed by atoms with Crippen molar-refractivity contribution >= 4 is 52.3 Å². The van der Waals surface area contributed by atoms with E-state index in [1.54, 1.807) is 46.5 Å². The van der Waals surface area contributed by atoms with E-state index in [1.807, 2.05) is 35.8 Å². The third-order valence-electron chi connectivity index (χ3n) is 9.82. The number of carbonyl (C=O) groups is 4. The lowest BCUT2D eigenvalue weighted by molar-refractivity contribution is -0.134. The molecule has 2 aliphatic heterocycles. The minimum Gasteiger partial charge on any atom is -0.484 e. The second-order valence-electron chi connectivity index (χ2n) is 13.8. The average molecular weight is 797 g/mol. The van der Waals surface area contributed by atoms with Crippen molar-refractivity contribution in [1.29, 1.82) is 0 Å². The second kappa shape index (κ2) is 17.0. The standard InChI is InChI=1S/C39H41ClN10O5S/c1-22-23(2)56-39-35(22)36(26-6-10-27(40)11-7-26)43-31(37-47-45-24(3)50(37)39)18-33(52)42-19-28-20-49(48-46-28)17-5-4-16-41-34(53)21-55-29-12-8-25(9-13-29)30-14-15-32(51)44-38(30)54/h6-13,20,30-31H,4-5,14-19,21H2,1-3H3,(H,41,53)(H,42,52)(H,44,51,54). The molecule has 15 nitrogen and oxygen atoms in total. The first kappa shape index (κ1) is 38.5. The Balaban J connectivity index is 0.863. The van der Waals surface area contributed by atoms with Crippen LogP contribution in [-0.2, 0) is 32.3 Å². The number of aryl methyl sites for hydroxylation is 3. The third-order valence-corrected chi connectivity index (χ3v) is 11.3. The molecule has 3 N–H and O–H groups in total. The molecule has 2 aliphatic rings. The highest BCUT2D eigenvalue weighted by Crippen LogP contribution is 2.39. The van der Waals surface area contributed by atoms with Gasteiger partial charge in [-0.1, -0.05) is 41.1 Å². The highest BCUT2D eigenvalue weighted by molar-refractivity contribution is 7.15. The molecule has 2 unspecified atom stereocenters. The van der Waals surface area contributed by atoms with Gasteiger partial charge < -0.3 is 15.4 Å². The maximum Gasteiger partial charge on any atom is 0.257 e. The van der Waals surface area contributed by atoms with Gasteiger partial charge in [-0.25, -0.2) is 0 Å². The molecule has 1 fully saturated rings. The quantitative estimate of drug-likeness (QED) is 0.107. The van der Waals surface area contributed by atoms with E-state index < -0.39 is 6.04 Å². The lowest BCUT2D eigenvalue weighted by Gasteiger charge is -2.21. The zero-order valence-corrected chi connectivity index (χ0v) is 32.7. The van der Waals surface area contributed by atoms with Gasteiger partial charge >= 0.3 is 0 Å². The molecule has 1 saturated heterocycles. The molecule has 0 aliphatic carbocycles. The van der Waals surface area contributed by atoms with E-state index in [1.165, 1.54) is 4.88 Å². The summed E-state index contributed by atoms with van der Waals surface area (Å²) in [6.45, 7) is 7.20. The van der Waals surface area contributed by atoms with Gasteiger partial charge in [0.2, 0.25) is 17.7 Å². The maximum atomic E-state index is 13.4. The van der Waals surface area contributed by atoms with E-state index in [4.69, 9.17) is 21.3 Å². The Hall–Kier alpha value is -5.74. The molecule has 56 heavy (non-hydrogen) atoms. The number of rotatable bonds is 14. The molecule has 0 radical (unpaired) electrons. The minimum absolute atomic E-state index is 0.0595. The summed E-state index contributed by atoms with van der Waals surface area (Å²) in [5.74, 6) is 0.468. The fourth-order valence-corrected chi connectivity index (χ4v) is 8.07. The number of fused-ring (bicyclic) bond motifs is 3. The number of nitrogens with zero attached hydrogens (tertiary/aromatic N) is 7. The van der Waals surface area contributed by atoms with E-state index in [0.29, 0.717) is 54.6 Å². The van der Waals surface area contributed by atoms with E-state index in [9.17, 15) is 19.2 Å². The number of unbranched alkanes of at least 4 members (excludes halogenated alkanes) is 1. The van der Waals surface area contributed by atoms with Crippen LogP contribution in [0.5, 0.6) is 5.75 Å². The molecule has 290 valence electrons. The number of hydrogen-bond donors (Lipinski definition) is 3. The van der Waals surface area contributed by atoms with Gasteiger partial charge in [0.15, 0.2) is 12.4 Å². The Bertz CT molecular complexity index is 2300. The number of ether oxygens (including phenoxy) is 1. The number of amides is 4. The molecule has 0 saturated carbocycles. The molecule has 17 heteroatoms. The van der Waals surface area contributed by atoms with Crippen LogP contribution in [0.2, 0.25) is 5.02 Å². The fraction of sp³-hybridized carbons (Fsp3) is 0.359. The van der Waals surface area contributed by atoms with E-state index >= 15 is 0 Å². The largest absolute Gasteiger partial charge is 0.484 e. The molecule has 0 bridgehead atoms. The zero-order chi connectivity index (χ0) is 39.3. The monoisotopic (exact) mass is 796 g/mol. The van der Waals surface area contributed by atoms with Gasteiger partial charge in [-0.3, -0.25) is 38.7 Å². The SMILES string of the molecule is Cc1sc2c(c1C)C(c1ccc(Cl)cc1)=NC(CC(=O)NCc1cn(CCCCNC(=O)COc3ccc(C4CCC(=O)NC4=O)cc3)nn1)c1nnc(C)n1-2. The maximum absolute atomic E-state index is 13.4. The molecule has 5 aromatic rings. The number of thiophene rings is 1. The molecule has 5 heterocycles. The van der Waals surface area contributed by atoms with Crippen LogP contribution in [0.3, 0.4) is 0 Å². The first-order valence-electron chi connectivity index (χ1n) is 18.4. The Morgan fingerprint density at radius 3 is 2.54 bits per heavy atom. The molecule has 2 aromatic carbocycles. The topological polar surface area (TPSA) is 187 Å². The van der Waals surface area contributed by atoms with Crippen LogP contribution >= 0.6 is 22.9 Å². The summed E-state index contributed by atoms with van der Waals surface area (Å²) in [5.41, 5.74) is 5.22. The summed E-state index contributed by atoms with van der Waals surface area (Å²) in [7, 11) is 0. The predicted molar refractivity (Wildman–Crippen MR) is 209 cm³/mol. The van der Waals surface area contributed by atoms with Crippen LogP contribution in [0, 0.1) is 20.8 Å². The van der Waals surface area contributed by atoms with Crippen LogP contribution < -0.4 is 20.7 Å². The summed E-state index contributed by atoms with van der Waals surface area (Å²) in [6.07, 6.45) is 4.10. The first-order chi connectivity index (χ1) is 27.0. The van der Waals surface area contributed by atoms with Gasteiger partial charge in [0, 0.05) is 40.5 Å². The Labute approximate surface area is 331 Å². The number of carbonyl (C=O) groups excluding carboxylic acids is 4. The summed E-state index contributed by atoms with van der Waals surface area (Å²) in [4.78, 5) is 55.6. The van der Waals surface area contributed by atoms with Crippen molar-refractivity contribution in [2.75, 3.05) is 13.2 Å². The number of hydrogen-bond acceptors (Lipinski definition) is 11. The first-order valence-corrected chi connectivity index (χ1v) is 19.6. The lowest BCUT2D eigenvalue weighted by atomic mass is 9.90. The smallest absolute Gasteiger partial charge is 0.257 e. The second-order valence-corrected chi connectivity index (χ2v) is 15.4. The van der Waals surface area contributed by atoms with E-state index in [0.717, 1.165) is 45.2 Å². The van der Waals surface area contributed by atoms with Crippen LogP contribution in [0.25, 0.3) is 5.00 Å². The number of piperidine rings is 1. The number of benzene rings is 2. The van der Waals surface area contributed by atoms with Crippen molar-refractivity contribution in [3.8, 4) is 10.8 Å². The molecule has 0 spiro atoms. The van der Waals surface area contributed by atoms with Gasteiger partial charge in [0.05, 0.1) is 30.8 Å². The zero-order valence-electron chi connectivity index (χ0n) is 31.2. The van der Waals surface area contributed by atoms with Crippen molar-refractivity contribution in [2.45, 2.75) is 77.9 Å². The molecule has 7 rings (SSSR count). The molecular weight excluding hydrogens is 756 g/mol. The number of aromatic nitrogens is 6. The van der Waals surface area contributed by atoms with Crippen molar-refractivity contribution in [2.24, 2.45) is 4.99 Å². The highest BCUT2D eigenvalue weighted by Gasteiger charge is 2.32. The highest BCUT2D eigenvalue weighted by atomic mass is 35.5. The number of aliphatic imine (C=N–C) groups is 1. The predicted octanol–water partition coefficient (Wildman–Crippen LogP) is 4.59. The third kappa shape index (κ3) is 8.71. The number of nitrogens with one attached hydrogen (secondary N) is 3. The summed E-state index contributed by atoms with van der Waals surface area (Å²) >= 11 is 7.88. The molecule has 3 aromatic heterocycles. The van der Waals surface area contributed by atoms with Gasteiger partial charge in [-0.05, 0) is 75.4 Å². The Morgan fingerprint density at radius 2 is 1.77 bits per heavy atom. The van der Waals surface area contributed by atoms with E-state index in [-0.39, 0.29) is 49.1 Å². The normalized spacial score (nSPS) is 16.3.